The summed E-state index contributed by atoms with van der Waals surface area (Å²) in [7, 11) is 0. The van der Waals surface area contributed by atoms with Crippen LogP contribution in [0.4, 0.5) is 0 Å². The van der Waals surface area contributed by atoms with E-state index in [4.69, 9.17) is 0 Å². The van der Waals surface area contributed by atoms with Crippen LogP contribution in [0.1, 0.15) is 25.1 Å². The van der Waals surface area contributed by atoms with Crippen LogP contribution in [0.15, 0.2) is 24.3 Å². The molecule has 1 aromatic carbocycles. The monoisotopic (exact) mass is 244 g/mol. The number of aldehydes is 1. The standard InChI is InChI=1S/C15H20N2O/c1-11-14(15(2,3)10-16-8-9-18)12-6-4-5-7-13(12)17-11/h4-7,9,16-17H,8,10H2,1-3H3. The summed E-state index contributed by atoms with van der Waals surface area (Å²) in [6, 6.07) is 8.35. The topological polar surface area (TPSA) is 44.9 Å². The summed E-state index contributed by atoms with van der Waals surface area (Å²) in [5.74, 6) is 0. The second kappa shape index (κ2) is 4.94. The summed E-state index contributed by atoms with van der Waals surface area (Å²) in [4.78, 5) is 13.8. The Kier molecular flexibility index (Phi) is 3.53. The van der Waals surface area contributed by atoms with Crippen LogP contribution in [0.5, 0.6) is 0 Å². The van der Waals surface area contributed by atoms with Crippen LogP contribution in [0.2, 0.25) is 0 Å². The summed E-state index contributed by atoms with van der Waals surface area (Å²) in [5.41, 5.74) is 3.70. The lowest BCUT2D eigenvalue weighted by molar-refractivity contribution is -0.107. The molecule has 0 fully saturated rings. The van der Waals surface area contributed by atoms with E-state index in [0.29, 0.717) is 6.54 Å². The van der Waals surface area contributed by atoms with Crippen molar-refractivity contribution in [2.24, 2.45) is 0 Å². The van der Waals surface area contributed by atoms with Gasteiger partial charge in [0.1, 0.15) is 6.29 Å². The van der Waals surface area contributed by atoms with E-state index in [1.54, 1.807) is 0 Å². The molecule has 0 unspecified atom stereocenters. The number of hydrogen-bond donors (Lipinski definition) is 2. The van der Waals surface area contributed by atoms with Gasteiger partial charge in [0.2, 0.25) is 0 Å². The summed E-state index contributed by atoms with van der Waals surface area (Å²) < 4.78 is 0. The second-order valence-corrected chi connectivity index (χ2v) is 5.35. The predicted octanol–water partition coefficient (Wildman–Crippen LogP) is 2.54. The zero-order valence-electron chi connectivity index (χ0n) is 11.2. The molecule has 0 radical (unpaired) electrons. The molecule has 1 heterocycles. The number of benzene rings is 1. The van der Waals surface area contributed by atoms with Gasteiger partial charge in [0.15, 0.2) is 0 Å². The average molecular weight is 244 g/mol. The van der Waals surface area contributed by atoms with Crippen LogP contribution < -0.4 is 5.32 Å². The van der Waals surface area contributed by atoms with E-state index in [-0.39, 0.29) is 5.41 Å². The molecule has 0 aliphatic rings. The SMILES string of the molecule is Cc1[nH]c2ccccc2c1C(C)(C)CNCC=O. The molecule has 2 rings (SSSR count). The second-order valence-electron chi connectivity index (χ2n) is 5.35. The van der Waals surface area contributed by atoms with Crippen molar-refractivity contribution in [2.75, 3.05) is 13.1 Å². The number of aromatic nitrogens is 1. The number of aromatic amines is 1. The summed E-state index contributed by atoms with van der Waals surface area (Å²) in [5, 5.41) is 4.44. The van der Waals surface area contributed by atoms with Crippen LogP contribution in [-0.4, -0.2) is 24.4 Å². The molecule has 1 aromatic heterocycles. The predicted molar refractivity (Wildman–Crippen MR) is 75.0 cm³/mol. The van der Waals surface area contributed by atoms with E-state index in [9.17, 15) is 4.79 Å². The van der Waals surface area contributed by atoms with Crippen molar-refractivity contribution in [3.63, 3.8) is 0 Å². The number of rotatable bonds is 5. The van der Waals surface area contributed by atoms with Gasteiger partial charge in [-0.05, 0) is 18.6 Å². The molecule has 0 spiro atoms. The van der Waals surface area contributed by atoms with Crippen LogP contribution in [0.3, 0.4) is 0 Å². The Morgan fingerprint density at radius 1 is 1.33 bits per heavy atom. The highest BCUT2D eigenvalue weighted by Crippen LogP contribution is 2.32. The summed E-state index contributed by atoms with van der Waals surface area (Å²) in [6.45, 7) is 7.71. The smallest absolute Gasteiger partial charge is 0.133 e. The maximum Gasteiger partial charge on any atom is 0.133 e. The summed E-state index contributed by atoms with van der Waals surface area (Å²) in [6.07, 6.45) is 0.901. The first-order valence-corrected chi connectivity index (χ1v) is 6.28. The molecule has 0 atom stereocenters. The lowest BCUT2D eigenvalue weighted by Crippen LogP contribution is -2.34. The van der Waals surface area contributed by atoms with Gasteiger partial charge in [0.25, 0.3) is 0 Å². The van der Waals surface area contributed by atoms with E-state index in [0.717, 1.165) is 12.8 Å². The average Bonchev–Trinajstić information content (AvgIpc) is 2.65. The number of nitrogens with one attached hydrogen (secondary N) is 2. The Morgan fingerprint density at radius 2 is 2.06 bits per heavy atom. The molecule has 18 heavy (non-hydrogen) atoms. The number of hydrogen-bond acceptors (Lipinski definition) is 2. The molecule has 96 valence electrons. The van der Waals surface area contributed by atoms with E-state index in [2.05, 4.69) is 49.3 Å². The molecule has 0 saturated carbocycles. The molecular weight excluding hydrogens is 224 g/mol. The molecule has 0 saturated heterocycles. The molecule has 0 amide bonds. The van der Waals surface area contributed by atoms with Crippen molar-refractivity contribution in [1.82, 2.24) is 10.3 Å². The molecule has 3 heteroatoms. The zero-order chi connectivity index (χ0) is 13.2. The highest BCUT2D eigenvalue weighted by molar-refractivity contribution is 5.85. The number of fused-ring (bicyclic) bond motifs is 1. The van der Waals surface area contributed by atoms with Gasteiger partial charge < -0.3 is 15.1 Å². The van der Waals surface area contributed by atoms with Crippen molar-refractivity contribution in [3.8, 4) is 0 Å². The molecule has 2 N–H and O–H groups in total. The Hall–Kier alpha value is -1.61. The third-order valence-electron chi connectivity index (χ3n) is 3.36. The largest absolute Gasteiger partial charge is 0.358 e. The molecular formula is C15H20N2O. The number of H-pyrrole nitrogens is 1. The van der Waals surface area contributed by atoms with Gasteiger partial charge in [-0.25, -0.2) is 0 Å². The van der Waals surface area contributed by atoms with Gasteiger partial charge in [-0.3, -0.25) is 0 Å². The zero-order valence-corrected chi connectivity index (χ0v) is 11.2. The Labute approximate surface area is 108 Å². The van der Waals surface area contributed by atoms with Crippen molar-refractivity contribution in [1.29, 1.82) is 0 Å². The maximum atomic E-state index is 10.4. The summed E-state index contributed by atoms with van der Waals surface area (Å²) >= 11 is 0. The van der Waals surface area contributed by atoms with Crippen molar-refractivity contribution in [3.05, 3.63) is 35.5 Å². The van der Waals surface area contributed by atoms with E-state index in [1.165, 1.54) is 22.2 Å². The minimum atomic E-state index is -0.00725. The van der Waals surface area contributed by atoms with Gasteiger partial charge >= 0.3 is 0 Å². The van der Waals surface area contributed by atoms with Crippen LogP contribution in [0, 0.1) is 6.92 Å². The van der Waals surface area contributed by atoms with Gasteiger partial charge in [-0.1, -0.05) is 32.0 Å². The minimum Gasteiger partial charge on any atom is -0.358 e. The van der Waals surface area contributed by atoms with Crippen molar-refractivity contribution < 1.29 is 4.79 Å². The fourth-order valence-corrected chi connectivity index (χ4v) is 2.68. The van der Waals surface area contributed by atoms with Gasteiger partial charge in [0, 0.05) is 28.6 Å². The van der Waals surface area contributed by atoms with Gasteiger partial charge in [-0.2, -0.15) is 0 Å². The van der Waals surface area contributed by atoms with E-state index in [1.807, 2.05) is 6.07 Å². The first-order chi connectivity index (χ1) is 8.56. The Bertz CT molecular complexity index is 555. The number of carbonyl (C=O) groups excluding carboxylic acids is 1. The first kappa shape index (κ1) is 12.8. The third kappa shape index (κ3) is 2.31. The van der Waals surface area contributed by atoms with Crippen molar-refractivity contribution in [2.45, 2.75) is 26.2 Å². The Morgan fingerprint density at radius 3 is 2.78 bits per heavy atom. The lowest BCUT2D eigenvalue weighted by Gasteiger charge is -2.25. The third-order valence-corrected chi connectivity index (χ3v) is 3.36. The van der Waals surface area contributed by atoms with Gasteiger partial charge in [0.05, 0.1) is 6.54 Å². The highest BCUT2D eigenvalue weighted by atomic mass is 16.1. The van der Waals surface area contributed by atoms with Crippen LogP contribution in [-0.2, 0) is 10.2 Å². The van der Waals surface area contributed by atoms with Gasteiger partial charge in [-0.15, -0.1) is 0 Å². The molecule has 2 aromatic rings. The Balaban J connectivity index is 2.39. The minimum absolute atomic E-state index is 0.00725. The normalized spacial score (nSPS) is 11.9. The van der Waals surface area contributed by atoms with Crippen molar-refractivity contribution >= 4 is 17.2 Å². The number of aryl methyl sites for hydroxylation is 1. The maximum absolute atomic E-state index is 10.4. The van der Waals surface area contributed by atoms with Crippen LogP contribution in [0.25, 0.3) is 10.9 Å². The molecule has 0 aliphatic heterocycles. The highest BCUT2D eigenvalue weighted by Gasteiger charge is 2.25. The lowest BCUT2D eigenvalue weighted by atomic mass is 9.82. The molecule has 0 bridgehead atoms. The number of para-hydroxylation sites is 1. The fourth-order valence-electron chi connectivity index (χ4n) is 2.68. The molecule has 0 aliphatic carbocycles. The quantitative estimate of drug-likeness (QED) is 0.627. The molecule has 3 nitrogen and oxygen atoms in total. The van der Waals surface area contributed by atoms with Crippen LogP contribution >= 0.6 is 0 Å². The van der Waals surface area contributed by atoms with E-state index >= 15 is 0 Å². The number of carbonyl (C=O) groups is 1. The first-order valence-electron chi connectivity index (χ1n) is 6.28. The van der Waals surface area contributed by atoms with E-state index < -0.39 is 0 Å². The fraction of sp³-hybridized carbons (Fsp3) is 0.400.